The normalized spacial score (nSPS) is 11.7. The van der Waals surface area contributed by atoms with Crippen molar-refractivity contribution in [2.45, 2.75) is 26.2 Å². The first kappa shape index (κ1) is 11.2. The Morgan fingerprint density at radius 2 is 2.00 bits per heavy atom. The number of benzene rings is 1. The first-order valence-corrected chi connectivity index (χ1v) is 5.54. The van der Waals surface area contributed by atoms with E-state index in [1.807, 2.05) is 24.3 Å². The third-order valence-corrected chi connectivity index (χ3v) is 2.59. The van der Waals surface area contributed by atoms with Crippen LogP contribution in [-0.2, 0) is 0 Å². The Kier molecular flexibility index (Phi) is 4.66. The molecule has 0 saturated heterocycles. The SMILES string of the molecule is CCCCC(=NO)c1ccc(Br)cc1. The minimum absolute atomic E-state index is 0.763. The Morgan fingerprint density at radius 1 is 1.36 bits per heavy atom. The van der Waals surface area contributed by atoms with Crippen LogP contribution in [0.25, 0.3) is 0 Å². The summed E-state index contributed by atoms with van der Waals surface area (Å²) >= 11 is 3.37. The molecule has 0 amide bonds. The van der Waals surface area contributed by atoms with Crippen LogP contribution in [-0.4, -0.2) is 10.9 Å². The Hall–Kier alpha value is -0.830. The maximum absolute atomic E-state index is 8.85. The molecule has 0 atom stereocenters. The maximum Gasteiger partial charge on any atom is 0.0867 e. The molecular weight excluding hydrogens is 242 g/mol. The van der Waals surface area contributed by atoms with Gasteiger partial charge in [0, 0.05) is 4.47 Å². The van der Waals surface area contributed by atoms with Crippen molar-refractivity contribution in [3.05, 3.63) is 34.3 Å². The summed E-state index contributed by atoms with van der Waals surface area (Å²) in [6.07, 6.45) is 2.99. The molecule has 3 heteroatoms. The van der Waals surface area contributed by atoms with E-state index in [9.17, 15) is 0 Å². The van der Waals surface area contributed by atoms with Crippen molar-refractivity contribution in [1.82, 2.24) is 0 Å². The Bertz CT molecular complexity index is 306. The molecule has 1 aromatic rings. The summed E-state index contributed by atoms with van der Waals surface area (Å²) in [5.74, 6) is 0. The van der Waals surface area contributed by atoms with Crippen molar-refractivity contribution in [2.24, 2.45) is 5.16 Å². The van der Waals surface area contributed by atoms with E-state index in [0.717, 1.165) is 35.0 Å². The van der Waals surface area contributed by atoms with E-state index in [0.29, 0.717) is 0 Å². The predicted octanol–water partition coefficient (Wildman–Crippen LogP) is 3.82. The van der Waals surface area contributed by atoms with Crippen molar-refractivity contribution in [1.29, 1.82) is 0 Å². The Morgan fingerprint density at radius 3 is 2.50 bits per heavy atom. The lowest BCUT2D eigenvalue weighted by Crippen LogP contribution is -2.00. The van der Waals surface area contributed by atoms with Crippen molar-refractivity contribution >= 4 is 21.6 Å². The summed E-state index contributed by atoms with van der Waals surface area (Å²) in [5.41, 5.74) is 1.75. The smallest absolute Gasteiger partial charge is 0.0867 e. The number of nitrogens with zero attached hydrogens (tertiary/aromatic N) is 1. The molecule has 0 radical (unpaired) electrons. The molecule has 1 aromatic carbocycles. The molecule has 0 saturated carbocycles. The van der Waals surface area contributed by atoms with Crippen LogP contribution in [0.2, 0.25) is 0 Å². The van der Waals surface area contributed by atoms with Gasteiger partial charge >= 0.3 is 0 Å². The number of halogens is 1. The zero-order chi connectivity index (χ0) is 10.4. The zero-order valence-corrected chi connectivity index (χ0v) is 9.79. The zero-order valence-electron chi connectivity index (χ0n) is 8.20. The second-order valence-corrected chi connectivity index (χ2v) is 4.07. The molecule has 0 unspecified atom stereocenters. The van der Waals surface area contributed by atoms with E-state index in [-0.39, 0.29) is 0 Å². The lowest BCUT2D eigenvalue weighted by Gasteiger charge is -2.03. The quantitative estimate of drug-likeness (QED) is 0.495. The molecular formula is C11H14BrNO. The molecule has 0 aliphatic carbocycles. The van der Waals surface area contributed by atoms with E-state index in [1.165, 1.54) is 0 Å². The fourth-order valence-corrected chi connectivity index (χ4v) is 1.50. The lowest BCUT2D eigenvalue weighted by molar-refractivity contribution is 0.318. The molecule has 76 valence electrons. The summed E-state index contributed by atoms with van der Waals surface area (Å²) in [7, 11) is 0. The standard InChI is InChI=1S/C11H14BrNO/c1-2-3-4-11(13-14)9-5-7-10(12)8-6-9/h5-8,14H,2-4H2,1H3. The van der Waals surface area contributed by atoms with Crippen LogP contribution in [0.3, 0.4) is 0 Å². The van der Waals surface area contributed by atoms with Gasteiger partial charge in [0.05, 0.1) is 5.71 Å². The van der Waals surface area contributed by atoms with Crippen molar-refractivity contribution in [3.8, 4) is 0 Å². The fraction of sp³-hybridized carbons (Fsp3) is 0.364. The summed E-state index contributed by atoms with van der Waals surface area (Å²) in [4.78, 5) is 0. The molecule has 0 fully saturated rings. The molecule has 14 heavy (non-hydrogen) atoms. The van der Waals surface area contributed by atoms with Gasteiger partial charge in [-0.2, -0.15) is 0 Å². The van der Waals surface area contributed by atoms with Gasteiger partial charge in [-0.15, -0.1) is 0 Å². The highest BCUT2D eigenvalue weighted by molar-refractivity contribution is 9.10. The number of unbranched alkanes of at least 4 members (excludes halogenated alkanes) is 1. The average Bonchev–Trinajstić information content (AvgIpc) is 2.21. The van der Waals surface area contributed by atoms with E-state index >= 15 is 0 Å². The van der Waals surface area contributed by atoms with Gasteiger partial charge in [-0.3, -0.25) is 0 Å². The number of oxime groups is 1. The average molecular weight is 256 g/mol. The molecule has 2 nitrogen and oxygen atoms in total. The van der Waals surface area contributed by atoms with Gasteiger partial charge < -0.3 is 5.21 Å². The minimum atomic E-state index is 0.763. The number of hydrogen-bond donors (Lipinski definition) is 1. The van der Waals surface area contributed by atoms with Gasteiger partial charge in [0.1, 0.15) is 0 Å². The topological polar surface area (TPSA) is 32.6 Å². The van der Waals surface area contributed by atoms with Crippen LogP contribution in [0.1, 0.15) is 31.7 Å². The van der Waals surface area contributed by atoms with E-state index in [4.69, 9.17) is 5.21 Å². The summed E-state index contributed by atoms with van der Waals surface area (Å²) in [6.45, 7) is 2.12. The highest BCUT2D eigenvalue weighted by Crippen LogP contribution is 2.13. The van der Waals surface area contributed by atoms with Gasteiger partial charge in [-0.25, -0.2) is 0 Å². The first-order chi connectivity index (χ1) is 6.77. The van der Waals surface area contributed by atoms with E-state index < -0.39 is 0 Å². The minimum Gasteiger partial charge on any atom is -0.411 e. The third-order valence-electron chi connectivity index (χ3n) is 2.07. The van der Waals surface area contributed by atoms with E-state index in [2.05, 4.69) is 28.0 Å². The van der Waals surface area contributed by atoms with Gasteiger partial charge in [0.15, 0.2) is 0 Å². The highest BCUT2D eigenvalue weighted by Gasteiger charge is 2.02. The maximum atomic E-state index is 8.85. The lowest BCUT2D eigenvalue weighted by atomic mass is 10.1. The van der Waals surface area contributed by atoms with Crippen LogP contribution in [0.15, 0.2) is 33.9 Å². The molecule has 0 aromatic heterocycles. The Balaban J connectivity index is 2.75. The fourth-order valence-electron chi connectivity index (χ4n) is 1.24. The number of hydrogen-bond acceptors (Lipinski definition) is 2. The van der Waals surface area contributed by atoms with Crippen LogP contribution >= 0.6 is 15.9 Å². The summed E-state index contributed by atoms with van der Waals surface area (Å²) < 4.78 is 1.04. The van der Waals surface area contributed by atoms with Crippen molar-refractivity contribution in [2.75, 3.05) is 0 Å². The first-order valence-electron chi connectivity index (χ1n) is 4.74. The van der Waals surface area contributed by atoms with Gasteiger partial charge in [0.2, 0.25) is 0 Å². The van der Waals surface area contributed by atoms with Crippen LogP contribution in [0.5, 0.6) is 0 Å². The molecule has 0 heterocycles. The molecule has 0 bridgehead atoms. The predicted molar refractivity (Wildman–Crippen MR) is 62.0 cm³/mol. The van der Waals surface area contributed by atoms with Crippen LogP contribution in [0, 0.1) is 0 Å². The summed E-state index contributed by atoms with van der Waals surface area (Å²) in [6, 6.07) is 7.81. The number of rotatable bonds is 4. The molecule has 0 spiro atoms. The van der Waals surface area contributed by atoms with Crippen LogP contribution < -0.4 is 0 Å². The largest absolute Gasteiger partial charge is 0.411 e. The monoisotopic (exact) mass is 255 g/mol. The van der Waals surface area contributed by atoms with E-state index in [1.54, 1.807) is 0 Å². The van der Waals surface area contributed by atoms with Gasteiger partial charge in [-0.1, -0.05) is 46.6 Å². The van der Waals surface area contributed by atoms with Gasteiger partial charge in [0.25, 0.3) is 0 Å². The van der Waals surface area contributed by atoms with Crippen molar-refractivity contribution in [3.63, 3.8) is 0 Å². The molecule has 1 N–H and O–H groups in total. The summed E-state index contributed by atoms with van der Waals surface area (Å²) in [5, 5.41) is 12.2. The van der Waals surface area contributed by atoms with Crippen molar-refractivity contribution < 1.29 is 5.21 Å². The third kappa shape index (κ3) is 3.14. The second kappa shape index (κ2) is 5.81. The molecule has 1 rings (SSSR count). The molecule has 0 aliphatic heterocycles. The van der Waals surface area contributed by atoms with Gasteiger partial charge in [-0.05, 0) is 30.5 Å². The Labute approximate surface area is 92.8 Å². The second-order valence-electron chi connectivity index (χ2n) is 3.16. The van der Waals surface area contributed by atoms with Crippen LogP contribution in [0.4, 0.5) is 0 Å². The highest BCUT2D eigenvalue weighted by atomic mass is 79.9. The molecule has 0 aliphatic rings.